The molecule has 1 atom stereocenters. The van der Waals surface area contributed by atoms with Crippen LogP contribution in [-0.2, 0) is 18.0 Å². The number of hydrogen-bond donors (Lipinski definition) is 0. The SMILES string of the molecule is C=C(C)COC(CC)[Si](OC(C)C)(OC(C)C)OC(C)C. The van der Waals surface area contributed by atoms with Crippen LogP contribution in [0.15, 0.2) is 12.2 Å². The van der Waals surface area contributed by atoms with Gasteiger partial charge in [0.15, 0.2) is 0 Å². The summed E-state index contributed by atoms with van der Waals surface area (Å²) in [6.45, 7) is 20.4. The van der Waals surface area contributed by atoms with E-state index in [1.807, 2.05) is 48.5 Å². The fraction of sp³-hybridized carbons (Fsp3) is 0.875. The maximum Gasteiger partial charge on any atom is 0.532 e. The van der Waals surface area contributed by atoms with Gasteiger partial charge in [-0.2, -0.15) is 0 Å². The maximum absolute atomic E-state index is 6.18. The molecule has 1 unspecified atom stereocenters. The Bertz CT molecular complexity index is 276. The van der Waals surface area contributed by atoms with Crippen LogP contribution in [0.1, 0.15) is 61.8 Å². The molecule has 0 heterocycles. The van der Waals surface area contributed by atoms with Crippen molar-refractivity contribution in [2.24, 2.45) is 0 Å². The zero-order valence-corrected chi connectivity index (χ0v) is 16.1. The average Bonchev–Trinajstić information content (AvgIpc) is 2.25. The molecule has 0 bridgehead atoms. The topological polar surface area (TPSA) is 36.9 Å². The van der Waals surface area contributed by atoms with Crippen LogP contribution in [0.25, 0.3) is 0 Å². The van der Waals surface area contributed by atoms with Gasteiger partial charge in [0.25, 0.3) is 0 Å². The molecule has 0 N–H and O–H groups in total. The molecule has 0 radical (unpaired) electrons. The van der Waals surface area contributed by atoms with E-state index >= 15 is 0 Å². The van der Waals surface area contributed by atoms with Crippen molar-refractivity contribution in [3.8, 4) is 0 Å². The normalized spacial score (nSPS) is 14.2. The van der Waals surface area contributed by atoms with Crippen LogP contribution in [-0.4, -0.2) is 39.5 Å². The summed E-state index contributed by atoms with van der Waals surface area (Å²) in [7, 11) is -2.94. The van der Waals surface area contributed by atoms with Gasteiger partial charge in [0, 0.05) is 18.3 Å². The van der Waals surface area contributed by atoms with Crippen molar-refractivity contribution in [2.75, 3.05) is 6.61 Å². The minimum Gasteiger partial charge on any atom is -0.369 e. The van der Waals surface area contributed by atoms with Gasteiger partial charge in [0.05, 0.1) is 6.61 Å². The standard InChI is InChI=1S/C16H34O4Si/c1-10-16(17-11-12(2)3)21(18-13(4)5,19-14(6)7)20-15(8)9/h13-16H,2,10-11H2,1,3-9H3. The average molecular weight is 319 g/mol. The van der Waals surface area contributed by atoms with E-state index in [2.05, 4.69) is 13.5 Å². The van der Waals surface area contributed by atoms with Gasteiger partial charge >= 0.3 is 8.80 Å². The van der Waals surface area contributed by atoms with Crippen molar-refractivity contribution in [2.45, 2.75) is 85.8 Å². The lowest BCUT2D eigenvalue weighted by molar-refractivity contribution is -0.0470. The molecule has 0 aromatic heterocycles. The third kappa shape index (κ3) is 8.12. The van der Waals surface area contributed by atoms with Gasteiger partial charge in [0.2, 0.25) is 0 Å². The van der Waals surface area contributed by atoms with Gasteiger partial charge in [-0.1, -0.05) is 19.1 Å². The Labute approximate surface area is 132 Å². The van der Waals surface area contributed by atoms with Crippen LogP contribution in [0.2, 0.25) is 0 Å². The second-order valence-electron chi connectivity index (χ2n) is 6.27. The van der Waals surface area contributed by atoms with Crippen LogP contribution in [0, 0.1) is 0 Å². The van der Waals surface area contributed by atoms with E-state index in [1.165, 1.54) is 0 Å². The molecule has 0 saturated carbocycles. The fourth-order valence-corrected chi connectivity index (χ4v) is 5.39. The lowest BCUT2D eigenvalue weighted by Crippen LogP contribution is -2.60. The lowest BCUT2D eigenvalue weighted by atomic mass is 10.4. The van der Waals surface area contributed by atoms with E-state index in [-0.39, 0.29) is 24.0 Å². The molecule has 0 aliphatic carbocycles. The molecular formula is C16H34O4Si. The number of rotatable bonds is 11. The summed E-state index contributed by atoms with van der Waals surface area (Å²) in [6.07, 6.45) is 0.857. The molecule has 0 aromatic rings. The van der Waals surface area contributed by atoms with Crippen molar-refractivity contribution in [3.63, 3.8) is 0 Å². The minimum atomic E-state index is -2.94. The van der Waals surface area contributed by atoms with Gasteiger partial charge in [0.1, 0.15) is 5.73 Å². The molecule has 5 heteroatoms. The van der Waals surface area contributed by atoms with Gasteiger partial charge < -0.3 is 18.0 Å². The van der Waals surface area contributed by atoms with Crippen LogP contribution in [0.5, 0.6) is 0 Å². The first kappa shape index (κ1) is 20.8. The zero-order valence-electron chi connectivity index (χ0n) is 15.1. The molecule has 0 amide bonds. The van der Waals surface area contributed by atoms with Crippen molar-refractivity contribution < 1.29 is 18.0 Å². The van der Waals surface area contributed by atoms with Crippen molar-refractivity contribution in [1.82, 2.24) is 0 Å². The summed E-state index contributed by atoms with van der Waals surface area (Å²) in [4.78, 5) is 0. The summed E-state index contributed by atoms with van der Waals surface area (Å²) in [5, 5.41) is 0. The van der Waals surface area contributed by atoms with E-state index in [0.29, 0.717) is 6.61 Å². The highest BCUT2D eigenvalue weighted by Gasteiger charge is 2.52. The van der Waals surface area contributed by atoms with E-state index in [0.717, 1.165) is 12.0 Å². The summed E-state index contributed by atoms with van der Waals surface area (Å²) in [6, 6.07) is 0. The highest BCUT2D eigenvalue weighted by molar-refractivity contribution is 6.62. The van der Waals surface area contributed by atoms with Gasteiger partial charge in [-0.25, -0.2) is 0 Å². The Morgan fingerprint density at radius 2 is 1.29 bits per heavy atom. The Morgan fingerprint density at radius 1 is 0.905 bits per heavy atom. The molecule has 21 heavy (non-hydrogen) atoms. The fourth-order valence-electron chi connectivity index (χ4n) is 2.01. The Morgan fingerprint density at radius 3 is 1.52 bits per heavy atom. The van der Waals surface area contributed by atoms with Gasteiger partial charge in [-0.05, 0) is 54.9 Å². The Hall–Kier alpha value is -0.203. The first-order valence-electron chi connectivity index (χ1n) is 7.92. The van der Waals surface area contributed by atoms with Crippen LogP contribution < -0.4 is 0 Å². The van der Waals surface area contributed by atoms with Crippen LogP contribution >= 0.6 is 0 Å². The monoisotopic (exact) mass is 318 g/mol. The summed E-state index contributed by atoms with van der Waals surface area (Å²) < 4.78 is 24.6. The van der Waals surface area contributed by atoms with Crippen molar-refractivity contribution in [1.29, 1.82) is 0 Å². The second-order valence-corrected chi connectivity index (χ2v) is 8.83. The van der Waals surface area contributed by atoms with E-state index in [9.17, 15) is 0 Å². The smallest absolute Gasteiger partial charge is 0.369 e. The summed E-state index contributed by atoms with van der Waals surface area (Å²) in [5.74, 6) is 0. The third-order valence-corrected chi connectivity index (χ3v) is 6.26. The van der Waals surface area contributed by atoms with E-state index in [1.54, 1.807) is 0 Å². The molecule has 0 aromatic carbocycles. The zero-order chi connectivity index (χ0) is 16.6. The lowest BCUT2D eigenvalue weighted by Gasteiger charge is -2.39. The highest BCUT2D eigenvalue weighted by atomic mass is 28.4. The first-order chi connectivity index (χ1) is 9.62. The predicted octanol–water partition coefficient (Wildman–Crippen LogP) is 4.11. The summed E-state index contributed by atoms with van der Waals surface area (Å²) >= 11 is 0. The van der Waals surface area contributed by atoms with Crippen LogP contribution in [0.4, 0.5) is 0 Å². The predicted molar refractivity (Wildman–Crippen MR) is 89.3 cm³/mol. The molecule has 0 fully saturated rings. The Balaban J connectivity index is 5.37. The molecule has 4 nitrogen and oxygen atoms in total. The highest BCUT2D eigenvalue weighted by Crippen LogP contribution is 2.25. The molecule has 0 aliphatic rings. The summed E-state index contributed by atoms with van der Waals surface area (Å²) in [5.41, 5.74) is 0.802. The quantitative estimate of drug-likeness (QED) is 0.424. The van der Waals surface area contributed by atoms with E-state index < -0.39 is 8.80 Å². The molecule has 0 spiro atoms. The van der Waals surface area contributed by atoms with Crippen molar-refractivity contribution in [3.05, 3.63) is 12.2 Å². The van der Waals surface area contributed by atoms with Gasteiger partial charge in [-0.3, -0.25) is 0 Å². The first-order valence-corrected chi connectivity index (χ1v) is 9.72. The third-order valence-electron chi connectivity index (χ3n) is 2.50. The number of ether oxygens (including phenoxy) is 1. The minimum absolute atomic E-state index is 0.0247. The molecule has 0 aliphatic heterocycles. The molecule has 126 valence electrons. The number of hydrogen-bond acceptors (Lipinski definition) is 4. The second kappa shape index (κ2) is 9.74. The van der Waals surface area contributed by atoms with E-state index in [4.69, 9.17) is 18.0 Å². The van der Waals surface area contributed by atoms with Crippen LogP contribution in [0.3, 0.4) is 0 Å². The molecular weight excluding hydrogens is 284 g/mol. The van der Waals surface area contributed by atoms with Gasteiger partial charge in [-0.15, -0.1) is 0 Å². The largest absolute Gasteiger partial charge is 0.532 e. The Kier molecular flexibility index (Phi) is 9.65. The maximum atomic E-state index is 6.18. The molecule has 0 saturated heterocycles. The molecule has 0 rings (SSSR count). The van der Waals surface area contributed by atoms with Crippen molar-refractivity contribution >= 4 is 8.80 Å².